The van der Waals surface area contributed by atoms with Crippen molar-refractivity contribution in [2.45, 2.75) is 19.1 Å². The largest absolute Gasteiger partial charge is 0.479 e. The molecule has 0 aliphatic heterocycles. The van der Waals surface area contributed by atoms with Crippen LogP contribution >= 0.6 is 0 Å². The fourth-order valence-electron chi connectivity index (χ4n) is 0.853. The van der Waals surface area contributed by atoms with E-state index in [1.807, 2.05) is 10.2 Å². The Morgan fingerprint density at radius 2 is 1.86 bits per heavy atom. The number of hydrogen-bond donors (Lipinski definition) is 4. The van der Waals surface area contributed by atoms with Crippen LogP contribution in [0.3, 0.4) is 0 Å². The summed E-state index contributed by atoms with van der Waals surface area (Å²) >= 11 is 0. The van der Waals surface area contributed by atoms with Crippen molar-refractivity contribution >= 4 is 5.97 Å². The normalized spacial score (nSPS) is 15.0. The van der Waals surface area contributed by atoms with Gasteiger partial charge < -0.3 is 10.2 Å². The van der Waals surface area contributed by atoms with Gasteiger partial charge in [0.2, 0.25) is 0 Å². The minimum absolute atomic E-state index is 0.564. The Balaban J connectivity index is 3.06. The second kappa shape index (κ2) is 3.14. The minimum Gasteiger partial charge on any atom is -0.479 e. The molecule has 4 N–H and O–H groups in total. The van der Waals surface area contributed by atoms with Crippen LogP contribution in [0.25, 0.3) is 0 Å². The van der Waals surface area contributed by atoms with Crippen molar-refractivity contribution in [3.8, 4) is 0 Å². The number of nitrogens with zero attached hydrogens (tertiary/aromatic N) is 1. The van der Waals surface area contributed by atoms with Crippen LogP contribution in [0.2, 0.25) is 0 Å². The zero-order chi connectivity index (χ0) is 10.9. The summed E-state index contributed by atoms with van der Waals surface area (Å²) in [5.74, 6) is -1.51. The maximum atomic E-state index is 10.9. The fourth-order valence-corrected chi connectivity index (χ4v) is 0.853. The quantitative estimate of drug-likeness (QED) is 0.439. The topological polar surface area (TPSA) is 128 Å². The van der Waals surface area contributed by atoms with E-state index in [0.29, 0.717) is 4.57 Å². The molecule has 0 amide bonds. The Hall–Kier alpha value is -1.83. The first-order valence-corrected chi connectivity index (χ1v) is 3.68. The van der Waals surface area contributed by atoms with Crippen LogP contribution in [0.5, 0.6) is 0 Å². The lowest BCUT2D eigenvalue weighted by molar-refractivity contribution is -0.158. The van der Waals surface area contributed by atoms with Crippen molar-refractivity contribution in [3.05, 3.63) is 21.0 Å². The first kappa shape index (κ1) is 10.3. The van der Waals surface area contributed by atoms with Crippen LogP contribution in [0.15, 0.2) is 9.59 Å². The molecule has 0 saturated carbocycles. The van der Waals surface area contributed by atoms with E-state index >= 15 is 0 Å². The monoisotopic (exact) mass is 203 g/mol. The highest BCUT2D eigenvalue weighted by Crippen LogP contribution is 2.03. The molecule has 1 unspecified atom stereocenters. The summed E-state index contributed by atoms with van der Waals surface area (Å²) < 4.78 is 0.564. The Labute approximate surface area is 76.8 Å². The van der Waals surface area contributed by atoms with Crippen LogP contribution in [-0.2, 0) is 11.3 Å². The third-order valence-corrected chi connectivity index (χ3v) is 1.69. The number of H-pyrrole nitrogens is 2. The van der Waals surface area contributed by atoms with Crippen molar-refractivity contribution in [1.82, 2.24) is 14.8 Å². The predicted octanol–water partition coefficient (Wildman–Crippen LogP) is -2.30. The van der Waals surface area contributed by atoms with Crippen molar-refractivity contribution in [2.24, 2.45) is 0 Å². The predicted molar refractivity (Wildman–Crippen MR) is 43.9 cm³/mol. The maximum absolute atomic E-state index is 10.9. The van der Waals surface area contributed by atoms with Gasteiger partial charge in [-0.15, -0.1) is 0 Å². The maximum Gasteiger partial charge on any atom is 0.344 e. The molecule has 1 atom stereocenters. The van der Waals surface area contributed by atoms with Gasteiger partial charge in [-0.1, -0.05) is 0 Å². The second-order valence-electron chi connectivity index (χ2n) is 3.03. The lowest BCUT2D eigenvalue weighted by Gasteiger charge is -2.16. The standard InChI is InChI=1S/C6H9N3O5/c1-6(14,3(10)11)2-9-4(12)7-8-5(9)13/h14H,2H2,1H3,(H,7,12)(H,8,13)(H,10,11). The van der Waals surface area contributed by atoms with Gasteiger partial charge in [-0.2, -0.15) is 0 Å². The van der Waals surface area contributed by atoms with E-state index in [1.165, 1.54) is 0 Å². The smallest absolute Gasteiger partial charge is 0.344 e. The number of nitrogens with one attached hydrogen (secondary N) is 2. The summed E-state index contributed by atoms with van der Waals surface area (Å²) in [6, 6.07) is 0. The van der Waals surface area contributed by atoms with Crippen molar-refractivity contribution in [1.29, 1.82) is 0 Å². The summed E-state index contributed by atoms with van der Waals surface area (Å²) in [5, 5.41) is 21.7. The number of carboxylic acid groups (broad SMARTS) is 1. The van der Waals surface area contributed by atoms with Gasteiger partial charge in [0.05, 0.1) is 6.54 Å². The molecule has 1 rings (SSSR count). The van der Waals surface area contributed by atoms with Crippen LogP contribution < -0.4 is 11.4 Å². The zero-order valence-electron chi connectivity index (χ0n) is 7.27. The van der Waals surface area contributed by atoms with E-state index in [2.05, 4.69) is 0 Å². The molecule has 1 aromatic rings. The average Bonchev–Trinajstić information content (AvgIpc) is 2.35. The van der Waals surface area contributed by atoms with Crippen LogP contribution in [0, 0.1) is 0 Å². The number of aliphatic hydroxyl groups is 1. The fraction of sp³-hybridized carbons (Fsp3) is 0.500. The van der Waals surface area contributed by atoms with E-state index < -0.39 is 29.5 Å². The number of aromatic nitrogens is 3. The number of aromatic amines is 2. The third kappa shape index (κ3) is 1.74. The highest BCUT2D eigenvalue weighted by molar-refractivity contribution is 5.76. The molecule has 0 aliphatic carbocycles. The zero-order valence-corrected chi connectivity index (χ0v) is 7.27. The Morgan fingerprint density at radius 3 is 2.21 bits per heavy atom. The van der Waals surface area contributed by atoms with E-state index in [1.54, 1.807) is 0 Å². The average molecular weight is 203 g/mol. The highest BCUT2D eigenvalue weighted by Gasteiger charge is 2.31. The van der Waals surface area contributed by atoms with Crippen molar-refractivity contribution in [3.63, 3.8) is 0 Å². The van der Waals surface area contributed by atoms with Gasteiger partial charge in [0.15, 0.2) is 5.60 Å². The van der Waals surface area contributed by atoms with Gasteiger partial charge in [0.25, 0.3) is 0 Å². The molecule has 0 fully saturated rings. The molecule has 0 saturated heterocycles. The summed E-state index contributed by atoms with van der Waals surface area (Å²) in [4.78, 5) is 32.3. The Morgan fingerprint density at radius 1 is 1.43 bits per heavy atom. The number of hydrogen-bond acceptors (Lipinski definition) is 4. The van der Waals surface area contributed by atoms with E-state index in [0.717, 1.165) is 6.92 Å². The number of rotatable bonds is 3. The van der Waals surface area contributed by atoms with E-state index in [4.69, 9.17) is 5.11 Å². The van der Waals surface area contributed by atoms with E-state index in [9.17, 15) is 19.5 Å². The van der Waals surface area contributed by atoms with E-state index in [-0.39, 0.29) is 0 Å². The molecule has 8 nitrogen and oxygen atoms in total. The molecule has 0 aromatic carbocycles. The first-order valence-electron chi connectivity index (χ1n) is 3.68. The molecule has 0 radical (unpaired) electrons. The molecular formula is C6H9N3O5. The number of aliphatic carboxylic acids is 1. The Kier molecular flexibility index (Phi) is 2.30. The van der Waals surface area contributed by atoms with Gasteiger partial charge in [-0.3, -0.25) is 0 Å². The summed E-state index contributed by atoms with van der Waals surface area (Å²) in [6.45, 7) is 0.383. The van der Waals surface area contributed by atoms with Crippen LogP contribution in [0.1, 0.15) is 6.92 Å². The van der Waals surface area contributed by atoms with Gasteiger partial charge >= 0.3 is 17.3 Å². The number of carboxylic acids is 1. The van der Waals surface area contributed by atoms with Gasteiger partial charge in [-0.05, 0) is 6.92 Å². The molecular weight excluding hydrogens is 194 g/mol. The van der Waals surface area contributed by atoms with Crippen LogP contribution in [0.4, 0.5) is 0 Å². The lowest BCUT2D eigenvalue weighted by Crippen LogP contribution is -2.44. The molecule has 0 aliphatic rings. The lowest BCUT2D eigenvalue weighted by atomic mass is 10.1. The number of carbonyl (C=O) groups is 1. The molecule has 1 heterocycles. The summed E-state index contributed by atoms with van der Waals surface area (Å²) in [7, 11) is 0. The third-order valence-electron chi connectivity index (χ3n) is 1.69. The van der Waals surface area contributed by atoms with Gasteiger partial charge in [-0.25, -0.2) is 29.1 Å². The van der Waals surface area contributed by atoms with Crippen LogP contribution in [-0.4, -0.2) is 36.5 Å². The highest BCUT2D eigenvalue weighted by atomic mass is 16.4. The molecule has 14 heavy (non-hydrogen) atoms. The summed E-state index contributed by atoms with van der Waals surface area (Å²) in [6.07, 6.45) is 0. The minimum atomic E-state index is -2.15. The first-order chi connectivity index (χ1) is 6.34. The van der Waals surface area contributed by atoms with Gasteiger partial charge in [0.1, 0.15) is 0 Å². The van der Waals surface area contributed by atoms with Crippen molar-refractivity contribution in [2.75, 3.05) is 0 Å². The summed E-state index contributed by atoms with van der Waals surface area (Å²) in [5.41, 5.74) is -3.74. The van der Waals surface area contributed by atoms with Gasteiger partial charge in [0, 0.05) is 0 Å². The SMILES string of the molecule is CC(O)(Cn1c(=O)[nH][nH]c1=O)C(=O)O. The molecule has 8 heteroatoms. The molecule has 0 spiro atoms. The molecule has 0 bridgehead atoms. The Bertz CT molecular complexity index is 423. The van der Waals surface area contributed by atoms with Crippen molar-refractivity contribution < 1.29 is 15.0 Å². The molecule has 78 valence electrons. The molecule has 1 aromatic heterocycles. The second-order valence-corrected chi connectivity index (χ2v) is 3.03.